The average molecular weight is 218 g/mol. The minimum absolute atomic E-state index is 0.0104. The molecule has 0 saturated carbocycles. The number of aliphatic hydroxyl groups is 1. The Bertz CT molecular complexity index is 160. The molecular weight excluding hydrogens is 192 g/mol. The van der Waals surface area contributed by atoms with E-state index < -0.39 is 0 Å². The Kier molecular flexibility index (Phi) is 6.36. The van der Waals surface area contributed by atoms with Gasteiger partial charge in [0, 0.05) is 17.4 Å². The fraction of sp³-hybridized carbons (Fsp3) is 1.00. The summed E-state index contributed by atoms with van der Waals surface area (Å²) in [6.07, 6.45) is 0.822. The smallest absolute Gasteiger partial charge is 0.0556 e. The van der Waals surface area contributed by atoms with Crippen LogP contribution in [0.4, 0.5) is 0 Å². The monoisotopic (exact) mass is 218 g/mol. The van der Waals surface area contributed by atoms with Crippen molar-refractivity contribution in [3.8, 4) is 0 Å². The van der Waals surface area contributed by atoms with Crippen LogP contribution < -0.4 is 11.5 Å². The van der Waals surface area contributed by atoms with Crippen molar-refractivity contribution < 1.29 is 9.84 Å². The van der Waals surface area contributed by atoms with E-state index in [-0.39, 0.29) is 17.4 Å². The van der Waals surface area contributed by atoms with Crippen molar-refractivity contribution in [2.45, 2.75) is 27.2 Å². The lowest BCUT2D eigenvalue weighted by molar-refractivity contribution is -0.0176. The molecule has 0 amide bonds. The van der Waals surface area contributed by atoms with Crippen molar-refractivity contribution in [2.24, 2.45) is 22.3 Å². The zero-order valence-corrected chi connectivity index (χ0v) is 10.3. The molecule has 4 heteroatoms. The Labute approximate surface area is 93.0 Å². The molecule has 5 N–H and O–H groups in total. The Morgan fingerprint density at radius 2 is 1.73 bits per heavy atom. The van der Waals surface area contributed by atoms with Crippen LogP contribution in [-0.4, -0.2) is 38.0 Å². The first-order valence-electron chi connectivity index (χ1n) is 5.54. The number of ether oxygens (including phenoxy) is 1. The van der Waals surface area contributed by atoms with Crippen molar-refractivity contribution in [3.05, 3.63) is 0 Å². The van der Waals surface area contributed by atoms with Gasteiger partial charge in [-0.2, -0.15) is 0 Å². The third-order valence-corrected chi connectivity index (χ3v) is 2.97. The second-order valence-corrected chi connectivity index (χ2v) is 5.08. The second kappa shape index (κ2) is 6.43. The molecule has 4 nitrogen and oxygen atoms in total. The molecule has 92 valence electrons. The highest BCUT2D eigenvalue weighted by molar-refractivity contribution is 4.78. The molecule has 0 rings (SSSR count). The van der Waals surface area contributed by atoms with Crippen molar-refractivity contribution in [1.82, 2.24) is 0 Å². The van der Waals surface area contributed by atoms with E-state index in [1.807, 2.05) is 6.92 Å². The van der Waals surface area contributed by atoms with Crippen LogP contribution in [0.25, 0.3) is 0 Å². The lowest BCUT2D eigenvalue weighted by Crippen LogP contribution is -2.40. The third kappa shape index (κ3) is 4.93. The molecule has 0 heterocycles. The molecule has 15 heavy (non-hydrogen) atoms. The van der Waals surface area contributed by atoms with E-state index in [2.05, 4.69) is 13.8 Å². The molecule has 1 unspecified atom stereocenters. The summed E-state index contributed by atoms with van der Waals surface area (Å²) in [5, 5.41) is 9.28. The summed E-state index contributed by atoms with van der Waals surface area (Å²) in [5.74, 6) is 0. The minimum Gasteiger partial charge on any atom is -0.396 e. The van der Waals surface area contributed by atoms with Crippen LogP contribution in [0.5, 0.6) is 0 Å². The van der Waals surface area contributed by atoms with Gasteiger partial charge in [-0.15, -0.1) is 0 Å². The van der Waals surface area contributed by atoms with Crippen LogP contribution in [0.15, 0.2) is 0 Å². The van der Waals surface area contributed by atoms with E-state index in [0.717, 1.165) is 6.42 Å². The van der Waals surface area contributed by atoms with E-state index in [0.29, 0.717) is 26.3 Å². The van der Waals surface area contributed by atoms with Gasteiger partial charge in [-0.1, -0.05) is 20.8 Å². The number of rotatable bonds is 8. The van der Waals surface area contributed by atoms with E-state index in [4.69, 9.17) is 16.2 Å². The number of hydrogen-bond donors (Lipinski definition) is 3. The predicted octanol–water partition coefficient (Wildman–Crippen LogP) is 0.335. The van der Waals surface area contributed by atoms with Gasteiger partial charge < -0.3 is 21.3 Å². The van der Waals surface area contributed by atoms with Crippen molar-refractivity contribution in [2.75, 3.05) is 32.9 Å². The molecule has 0 aliphatic carbocycles. The lowest BCUT2D eigenvalue weighted by Gasteiger charge is -2.31. The van der Waals surface area contributed by atoms with Gasteiger partial charge in [-0.05, 0) is 13.0 Å². The molecule has 0 spiro atoms. The van der Waals surface area contributed by atoms with Crippen LogP contribution in [-0.2, 0) is 4.74 Å². The van der Waals surface area contributed by atoms with Gasteiger partial charge in [0.15, 0.2) is 0 Å². The first-order chi connectivity index (χ1) is 6.95. The number of hydrogen-bond acceptors (Lipinski definition) is 4. The van der Waals surface area contributed by atoms with Crippen LogP contribution >= 0.6 is 0 Å². The first-order valence-corrected chi connectivity index (χ1v) is 5.54. The van der Waals surface area contributed by atoms with Gasteiger partial charge >= 0.3 is 0 Å². The average Bonchev–Trinajstić information content (AvgIpc) is 2.25. The number of nitrogens with two attached hydrogens (primary N) is 2. The van der Waals surface area contributed by atoms with E-state index >= 15 is 0 Å². The van der Waals surface area contributed by atoms with Gasteiger partial charge in [0.2, 0.25) is 0 Å². The summed E-state index contributed by atoms with van der Waals surface area (Å²) < 4.78 is 5.61. The molecule has 0 saturated heterocycles. The van der Waals surface area contributed by atoms with Crippen LogP contribution in [0.3, 0.4) is 0 Å². The molecule has 0 aliphatic heterocycles. The Morgan fingerprint density at radius 3 is 2.07 bits per heavy atom. The van der Waals surface area contributed by atoms with Gasteiger partial charge in [-0.25, -0.2) is 0 Å². The third-order valence-electron chi connectivity index (χ3n) is 2.97. The molecule has 0 aromatic carbocycles. The summed E-state index contributed by atoms with van der Waals surface area (Å²) in [6.45, 7) is 8.34. The van der Waals surface area contributed by atoms with E-state index in [9.17, 15) is 5.11 Å². The lowest BCUT2D eigenvalue weighted by atomic mass is 9.87. The Morgan fingerprint density at radius 1 is 1.13 bits per heavy atom. The van der Waals surface area contributed by atoms with Crippen LogP contribution in [0.2, 0.25) is 0 Å². The summed E-state index contributed by atoms with van der Waals surface area (Å²) in [5.41, 5.74) is 10.9. The fourth-order valence-electron chi connectivity index (χ4n) is 1.13. The van der Waals surface area contributed by atoms with E-state index in [1.54, 1.807) is 0 Å². The Balaban J connectivity index is 4.02. The largest absolute Gasteiger partial charge is 0.396 e. The highest BCUT2D eigenvalue weighted by Gasteiger charge is 2.27. The summed E-state index contributed by atoms with van der Waals surface area (Å²) in [4.78, 5) is 0. The first kappa shape index (κ1) is 14.8. The van der Waals surface area contributed by atoms with Gasteiger partial charge in [0.25, 0.3) is 0 Å². The van der Waals surface area contributed by atoms with Crippen molar-refractivity contribution in [1.29, 1.82) is 0 Å². The number of aliphatic hydroxyl groups excluding tert-OH is 1. The van der Waals surface area contributed by atoms with Gasteiger partial charge in [-0.3, -0.25) is 0 Å². The summed E-state index contributed by atoms with van der Waals surface area (Å²) in [7, 11) is 0. The highest BCUT2D eigenvalue weighted by atomic mass is 16.5. The minimum atomic E-state index is -0.287. The predicted molar refractivity (Wildman–Crippen MR) is 62.5 cm³/mol. The molecule has 0 aliphatic rings. The summed E-state index contributed by atoms with van der Waals surface area (Å²) >= 11 is 0. The Hall–Kier alpha value is -0.160. The van der Waals surface area contributed by atoms with Crippen molar-refractivity contribution >= 4 is 0 Å². The molecule has 0 aromatic heterocycles. The zero-order valence-electron chi connectivity index (χ0n) is 10.3. The zero-order chi connectivity index (χ0) is 11.9. The fourth-order valence-corrected chi connectivity index (χ4v) is 1.13. The van der Waals surface area contributed by atoms with Crippen LogP contribution in [0.1, 0.15) is 27.2 Å². The molecular formula is C11H26N2O2. The molecule has 0 radical (unpaired) electrons. The van der Waals surface area contributed by atoms with Gasteiger partial charge in [0.05, 0.1) is 19.8 Å². The van der Waals surface area contributed by atoms with Gasteiger partial charge in [0.1, 0.15) is 0 Å². The topological polar surface area (TPSA) is 81.5 Å². The molecule has 1 atom stereocenters. The second-order valence-electron chi connectivity index (χ2n) is 5.08. The molecule has 0 aromatic rings. The maximum Gasteiger partial charge on any atom is 0.0556 e. The summed E-state index contributed by atoms with van der Waals surface area (Å²) in [6, 6.07) is 0. The maximum absolute atomic E-state index is 9.28. The van der Waals surface area contributed by atoms with Crippen LogP contribution in [0, 0.1) is 10.8 Å². The quantitative estimate of drug-likeness (QED) is 0.548. The molecule has 0 fully saturated rings. The normalized spacial score (nSPS) is 16.4. The molecule has 0 bridgehead atoms. The SMILES string of the molecule is CCC(CN)(CO)COCC(C)(C)CN. The van der Waals surface area contributed by atoms with E-state index in [1.165, 1.54) is 0 Å². The standard InChI is InChI=1S/C11H26N2O2/c1-4-11(6-13,7-14)9-15-8-10(2,3)5-12/h14H,4-9,12-13H2,1-3H3. The highest BCUT2D eigenvalue weighted by Crippen LogP contribution is 2.21. The maximum atomic E-state index is 9.28. The van der Waals surface area contributed by atoms with Crippen molar-refractivity contribution in [3.63, 3.8) is 0 Å².